The Kier molecular flexibility index (Phi) is 14.2. The number of likely N-dealkylation sites (tertiary alicyclic amines) is 1. The molecule has 0 spiro atoms. The number of carbonyl (C=O) groups excluding carboxylic acids is 4. The van der Waals surface area contributed by atoms with Crippen LogP contribution < -0.4 is 16.0 Å². The molecule has 1 saturated carbocycles. The Morgan fingerprint density at radius 1 is 0.975 bits per heavy atom. The van der Waals surface area contributed by atoms with E-state index in [4.69, 9.17) is 4.74 Å². The number of hydrogen-bond donors (Lipinski definition) is 4. The normalized spacial score (nSPS) is 18.4. The fraction of sp³-hybridized carbons (Fsp3) is 0.655. The van der Waals surface area contributed by atoms with E-state index >= 15 is 0 Å². The van der Waals surface area contributed by atoms with Gasteiger partial charge in [-0.2, -0.15) is 24.4 Å². The Labute approximate surface area is 247 Å². The van der Waals surface area contributed by atoms with E-state index in [0.717, 1.165) is 38.2 Å². The molecule has 40 heavy (non-hydrogen) atoms. The van der Waals surface area contributed by atoms with Crippen molar-refractivity contribution in [2.24, 2.45) is 5.92 Å². The summed E-state index contributed by atoms with van der Waals surface area (Å²) in [7, 11) is 0. The lowest BCUT2D eigenvalue weighted by molar-refractivity contribution is -0.146. The molecule has 2 fully saturated rings. The monoisotopic (exact) mass is 592 g/mol. The lowest BCUT2D eigenvalue weighted by Crippen LogP contribution is -2.57. The predicted octanol–water partition coefficient (Wildman–Crippen LogP) is 2.54. The number of rotatable bonds is 14. The summed E-state index contributed by atoms with van der Waals surface area (Å²) in [5.74, 6) is 0.254. The fourth-order valence-corrected chi connectivity index (χ4v) is 6.67. The Morgan fingerprint density at radius 2 is 1.68 bits per heavy atom. The van der Waals surface area contributed by atoms with Gasteiger partial charge in [-0.15, -0.1) is 0 Å². The molecule has 3 amide bonds. The number of esters is 1. The Bertz CT molecular complexity index is 953. The average Bonchev–Trinajstić information content (AvgIpc) is 2.96. The highest BCUT2D eigenvalue weighted by molar-refractivity contribution is 7.99. The number of thioether (sulfide) groups is 1. The van der Waals surface area contributed by atoms with Crippen LogP contribution in [0.5, 0.6) is 0 Å². The molecule has 2 atom stereocenters. The van der Waals surface area contributed by atoms with Crippen LogP contribution in [0, 0.1) is 5.92 Å². The summed E-state index contributed by atoms with van der Waals surface area (Å²) >= 11 is 5.91. The van der Waals surface area contributed by atoms with Crippen molar-refractivity contribution < 1.29 is 23.9 Å². The quantitative estimate of drug-likeness (QED) is 0.194. The Hall–Kier alpha value is -2.24. The number of benzene rings is 1. The summed E-state index contributed by atoms with van der Waals surface area (Å²) in [6.07, 6.45) is 7.93. The van der Waals surface area contributed by atoms with Crippen molar-refractivity contribution in [3.63, 3.8) is 0 Å². The molecule has 1 aromatic carbocycles. The van der Waals surface area contributed by atoms with Crippen LogP contribution in [-0.4, -0.2) is 83.7 Å². The van der Waals surface area contributed by atoms with Gasteiger partial charge in [0, 0.05) is 44.1 Å². The molecule has 1 heterocycles. The number of nitrogens with zero attached hydrogens (tertiary/aromatic N) is 1. The first-order valence-electron chi connectivity index (χ1n) is 14.3. The molecule has 0 radical (unpaired) electrons. The van der Waals surface area contributed by atoms with Gasteiger partial charge in [0.1, 0.15) is 12.1 Å². The second-order valence-corrected chi connectivity index (χ2v) is 12.2. The first-order valence-corrected chi connectivity index (χ1v) is 16.1. The largest absolute Gasteiger partial charge is 0.456 e. The molecule has 1 aliphatic carbocycles. The van der Waals surface area contributed by atoms with Crippen LogP contribution in [0.15, 0.2) is 30.3 Å². The third-order valence-electron chi connectivity index (χ3n) is 7.42. The van der Waals surface area contributed by atoms with E-state index < -0.39 is 36.5 Å². The average molecular weight is 593 g/mol. The maximum Gasteiger partial charge on any atom is 0.303 e. The number of ether oxygens (including phenoxy) is 1. The summed E-state index contributed by atoms with van der Waals surface area (Å²) in [6.45, 7) is 3.41. The van der Waals surface area contributed by atoms with Gasteiger partial charge in [-0.25, -0.2) is 0 Å². The Balaban J connectivity index is 1.53. The van der Waals surface area contributed by atoms with Gasteiger partial charge >= 0.3 is 5.97 Å². The maximum absolute atomic E-state index is 13.4. The van der Waals surface area contributed by atoms with Crippen molar-refractivity contribution in [2.75, 3.05) is 37.0 Å². The molecule has 0 unspecified atom stereocenters. The first kappa shape index (κ1) is 32.3. The standard InChI is InChI=1S/C29H44N4O5S2/c1-21(34)38-17-27(35)31-25(18-39)28(36)32-26(20-40-19-23-10-6-3-7-11-23)29(37)30-24-12-14-33(15-13-24)16-22-8-4-2-5-9-22/h2,4-5,8-9,23-26,39H,3,6-7,10-20H2,1H3,(H,30,37)(H,31,35)(H,32,36)/t25-,26-/m0/s1. The van der Waals surface area contributed by atoms with Gasteiger partial charge in [-0.05, 0) is 42.9 Å². The summed E-state index contributed by atoms with van der Waals surface area (Å²) in [4.78, 5) is 51.9. The molecular formula is C29H44N4O5S2. The number of piperidine rings is 1. The number of hydrogen-bond acceptors (Lipinski definition) is 8. The lowest BCUT2D eigenvalue weighted by Gasteiger charge is -2.33. The van der Waals surface area contributed by atoms with E-state index in [0.29, 0.717) is 11.7 Å². The number of amides is 3. The van der Waals surface area contributed by atoms with Crippen molar-refractivity contribution in [3.05, 3.63) is 35.9 Å². The molecule has 0 aromatic heterocycles. The van der Waals surface area contributed by atoms with Crippen molar-refractivity contribution in [1.29, 1.82) is 0 Å². The van der Waals surface area contributed by atoms with E-state index in [2.05, 4.69) is 45.6 Å². The molecular weight excluding hydrogens is 548 g/mol. The smallest absolute Gasteiger partial charge is 0.303 e. The molecule has 11 heteroatoms. The molecule has 2 aliphatic rings. The van der Waals surface area contributed by atoms with E-state index in [9.17, 15) is 19.2 Å². The van der Waals surface area contributed by atoms with E-state index in [-0.39, 0.29) is 17.7 Å². The molecule has 0 bridgehead atoms. The minimum Gasteiger partial charge on any atom is -0.456 e. The van der Waals surface area contributed by atoms with Gasteiger partial charge < -0.3 is 20.7 Å². The number of thiol groups is 1. The van der Waals surface area contributed by atoms with Crippen LogP contribution in [0.1, 0.15) is 57.4 Å². The van der Waals surface area contributed by atoms with Crippen molar-refractivity contribution in [1.82, 2.24) is 20.9 Å². The van der Waals surface area contributed by atoms with Crippen LogP contribution in [0.3, 0.4) is 0 Å². The van der Waals surface area contributed by atoms with Gasteiger partial charge in [0.15, 0.2) is 6.61 Å². The fourth-order valence-electron chi connectivity index (χ4n) is 5.14. The van der Waals surface area contributed by atoms with Gasteiger partial charge in [-0.1, -0.05) is 49.6 Å². The minimum atomic E-state index is -0.953. The molecule has 1 saturated heterocycles. The lowest BCUT2D eigenvalue weighted by atomic mass is 9.91. The van der Waals surface area contributed by atoms with Crippen molar-refractivity contribution in [2.45, 2.75) is 76.5 Å². The van der Waals surface area contributed by atoms with Gasteiger partial charge in [0.05, 0.1) is 0 Å². The van der Waals surface area contributed by atoms with Crippen LogP contribution in [0.25, 0.3) is 0 Å². The summed E-state index contributed by atoms with van der Waals surface area (Å²) < 4.78 is 4.71. The molecule has 1 aromatic rings. The first-order chi connectivity index (χ1) is 19.3. The third-order valence-corrected chi connectivity index (χ3v) is 9.06. The Morgan fingerprint density at radius 3 is 2.33 bits per heavy atom. The van der Waals surface area contributed by atoms with E-state index in [1.807, 2.05) is 18.2 Å². The summed E-state index contributed by atoms with van der Waals surface area (Å²) in [5.41, 5.74) is 1.28. The number of nitrogens with one attached hydrogen (secondary N) is 3. The molecule has 1 aliphatic heterocycles. The highest BCUT2D eigenvalue weighted by Gasteiger charge is 2.29. The van der Waals surface area contributed by atoms with E-state index in [1.165, 1.54) is 44.6 Å². The second-order valence-electron chi connectivity index (χ2n) is 10.7. The predicted molar refractivity (Wildman–Crippen MR) is 161 cm³/mol. The van der Waals surface area contributed by atoms with Crippen LogP contribution in [0.2, 0.25) is 0 Å². The topological polar surface area (TPSA) is 117 Å². The molecule has 9 nitrogen and oxygen atoms in total. The summed E-state index contributed by atoms with van der Waals surface area (Å²) in [5, 5.41) is 8.55. The zero-order chi connectivity index (χ0) is 28.7. The van der Waals surface area contributed by atoms with Gasteiger partial charge in [0.25, 0.3) is 5.91 Å². The molecule has 222 valence electrons. The number of carbonyl (C=O) groups is 4. The highest BCUT2D eigenvalue weighted by Crippen LogP contribution is 2.27. The maximum atomic E-state index is 13.4. The van der Waals surface area contributed by atoms with Gasteiger partial charge in [-0.3, -0.25) is 24.1 Å². The minimum absolute atomic E-state index is 0.0427. The van der Waals surface area contributed by atoms with Crippen LogP contribution in [0.4, 0.5) is 0 Å². The van der Waals surface area contributed by atoms with Gasteiger partial charge in [0.2, 0.25) is 11.8 Å². The van der Waals surface area contributed by atoms with Crippen LogP contribution in [-0.2, 0) is 30.5 Å². The zero-order valence-corrected chi connectivity index (χ0v) is 25.2. The van der Waals surface area contributed by atoms with Crippen molar-refractivity contribution in [3.8, 4) is 0 Å². The highest BCUT2D eigenvalue weighted by atomic mass is 32.2. The molecule has 3 rings (SSSR count). The SMILES string of the molecule is CC(=O)OCC(=O)N[C@@H](CS)C(=O)N[C@@H](CSCC1CCCCC1)C(=O)NC1CCN(Cc2ccccc2)CC1. The third kappa shape index (κ3) is 11.7. The van der Waals surface area contributed by atoms with Crippen molar-refractivity contribution >= 4 is 48.1 Å². The zero-order valence-electron chi connectivity index (χ0n) is 23.4. The summed E-state index contributed by atoms with van der Waals surface area (Å²) in [6, 6.07) is 8.74. The van der Waals surface area contributed by atoms with Crippen LogP contribution >= 0.6 is 24.4 Å². The van der Waals surface area contributed by atoms with E-state index in [1.54, 1.807) is 11.8 Å². The second kappa shape index (κ2) is 17.5. The molecule has 3 N–H and O–H groups in total.